The van der Waals surface area contributed by atoms with Crippen LogP contribution in [-0.2, 0) is 4.79 Å². The zero-order chi connectivity index (χ0) is 15.4. The van der Waals surface area contributed by atoms with Gasteiger partial charge in [-0.15, -0.1) is 0 Å². The van der Waals surface area contributed by atoms with Crippen LogP contribution in [0, 0.1) is 0 Å². The van der Waals surface area contributed by atoms with Gasteiger partial charge < -0.3 is 19.5 Å². The van der Waals surface area contributed by atoms with Gasteiger partial charge in [0.15, 0.2) is 5.76 Å². The van der Waals surface area contributed by atoms with Crippen LogP contribution in [0.5, 0.6) is 0 Å². The summed E-state index contributed by atoms with van der Waals surface area (Å²) >= 11 is 0. The second-order valence-electron chi connectivity index (χ2n) is 5.11. The molecule has 0 aliphatic carbocycles. The standard InChI is InChI=1S/C16H17N3O3/c20-12-18-7-9-19(10-8-18)14-5-3-13(4-6-14)17-16(21)15-2-1-11-22-15/h1-6,11-12H,7-10H2,(H,17,21). The van der Waals surface area contributed by atoms with E-state index in [0.717, 1.165) is 44.0 Å². The molecule has 3 rings (SSSR count). The number of furan rings is 1. The van der Waals surface area contributed by atoms with E-state index in [0.29, 0.717) is 0 Å². The lowest BCUT2D eigenvalue weighted by molar-refractivity contribution is -0.118. The molecule has 0 spiro atoms. The second-order valence-corrected chi connectivity index (χ2v) is 5.11. The summed E-state index contributed by atoms with van der Waals surface area (Å²) in [5.74, 6) is 0.0198. The Morgan fingerprint density at radius 3 is 2.41 bits per heavy atom. The van der Waals surface area contributed by atoms with Crippen molar-refractivity contribution in [1.82, 2.24) is 4.90 Å². The van der Waals surface area contributed by atoms with Crippen LogP contribution >= 0.6 is 0 Å². The molecule has 2 heterocycles. The van der Waals surface area contributed by atoms with Gasteiger partial charge in [0.2, 0.25) is 6.41 Å². The Hall–Kier alpha value is -2.76. The molecule has 6 heteroatoms. The highest BCUT2D eigenvalue weighted by Gasteiger charge is 2.15. The smallest absolute Gasteiger partial charge is 0.291 e. The number of carbonyl (C=O) groups excluding carboxylic acids is 2. The first-order chi connectivity index (χ1) is 10.8. The molecule has 1 aliphatic rings. The molecule has 114 valence electrons. The van der Waals surface area contributed by atoms with Crippen molar-refractivity contribution in [1.29, 1.82) is 0 Å². The summed E-state index contributed by atoms with van der Waals surface area (Å²) in [6.07, 6.45) is 2.36. The summed E-state index contributed by atoms with van der Waals surface area (Å²) in [5.41, 5.74) is 1.80. The van der Waals surface area contributed by atoms with E-state index in [1.807, 2.05) is 24.3 Å². The molecule has 0 saturated carbocycles. The molecule has 0 atom stereocenters. The SMILES string of the molecule is O=CN1CCN(c2ccc(NC(=O)c3ccco3)cc2)CC1. The Bertz CT molecular complexity index is 629. The molecule has 1 aromatic heterocycles. The second kappa shape index (κ2) is 6.34. The molecule has 0 radical (unpaired) electrons. The third kappa shape index (κ3) is 3.11. The summed E-state index contributed by atoms with van der Waals surface area (Å²) in [6, 6.07) is 11.0. The quantitative estimate of drug-likeness (QED) is 0.874. The molecule has 2 aromatic rings. The van der Waals surface area contributed by atoms with Gasteiger partial charge in [0, 0.05) is 37.6 Å². The summed E-state index contributed by atoms with van der Waals surface area (Å²) < 4.78 is 5.05. The number of carbonyl (C=O) groups is 2. The van der Waals surface area contributed by atoms with Crippen molar-refractivity contribution in [3.63, 3.8) is 0 Å². The molecule has 1 aliphatic heterocycles. The van der Waals surface area contributed by atoms with Gasteiger partial charge >= 0.3 is 0 Å². The van der Waals surface area contributed by atoms with Crippen molar-refractivity contribution in [2.45, 2.75) is 0 Å². The van der Waals surface area contributed by atoms with Crippen molar-refractivity contribution >= 4 is 23.7 Å². The lowest BCUT2D eigenvalue weighted by Gasteiger charge is -2.34. The summed E-state index contributed by atoms with van der Waals surface area (Å²) in [4.78, 5) is 26.6. The third-order valence-corrected chi connectivity index (χ3v) is 3.70. The molecule has 0 unspecified atom stereocenters. The topological polar surface area (TPSA) is 65.8 Å². The number of anilines is 2. The van der Waals surface area contributed by atoms with Crippen LogP contribution in [0.1, 0.15) is 10.6 Å². The van der Waals surface area contributed by atoms with Crippen LogP contribution < -0.4 is 10.2 Å². The highest BCUT2D eigenvalue weighted by molar-refractivity contribution is 6.02. The Morgan fingerprint density at radius 2 is 1.82 bits per heavy atom. The van der Waals surface area contributed by atoms with E-state index >= 15 is 0 Å². The van der Waals surface area contributed by atoms with Crippen molar-refractivity contribution < 1.29 is 14.0 Å². The van der Waals surface area contributed by atoms with Gasteiger partial charge in [0.25, 0.3) is 5.91 Å². The summed E-state index contributed by atoms with van der Waals surface area (Å²) in [5, 5.41) is 2.78. The monoisotopic (exact) mass is 299 g/mol. The Balaban J connectivity index is 1.61. The lowest BCUT2D eigenvalue weighted by atomic mass is 10.2. The number of amides is 2. The highest BCUT2D eigenvalue weighted by Crippen LogP contribution is 2.19. The lowest BCUT2D eigenvalue weighted by Crippen LogP contribution is -2.45. The maximum Gasteiger partial charge on any atom is 0.291 e. The third-order valence-electron chi connectivity index (χ3n) is 3.70. The van der Waals surface area contributed by atoms with E-state index in [9.17, 15) is 9.59 Å². The number of nitrogens with one attached hydrogen (secondary N) is 1. The molecule has 2 amide bonds. The predicted molar refractivity (Wildman–Crippen MR) is 83.0 cm³/mol. The van der Waals surface area contributed by atoms with E-state index in [-0.39, 0.29) is 11.7 Å². The molecule has 1 aromatic carbocycles. The van der Waals surface area contributed by atoms with E-state index < -0.39 is 0 Å². The van der Waals surface area contributed by atoms with Crippen LogP contribution in [0.4, 0.5) is 11.4 Å². The average molecular weight is 299 g/mol. The Kier molecular flexibility index (Phi) is 4.09. The highest BCUT2D eigenvalue weighted by atomic mass is 16.3. The summed E-state index contributed by atoms with van der Waals surface area (Å²) in [7, 11) is 0. The number of rotatable bonds is 4. The minimum absolute atomic E-state index is 0.266. The predicted octanol–water partition coefficient (Wildman–Crippen LogP) is 1.81. The van der Waals surface area contributed by atoms with Gasteiger partial charge in [-0.3, -0.25) is 9.59 Å². The number of nitrogens with zero attached hydrogens (tertiary/aromatic N) is 2. The van der Waals surface area contributed by atoms with Crippen LogP contribution in [-0.4, -0.2) is 43.4 Å². The van der Waals surface area contributed by atoms with Crippen molar-refractivity contribution in [2.75, 3.05) is 36.4 Å². The first kappa shape index (κ1) is 14.2. The van der Waals surface area contributed by atoms with Crippen molar-refractivity contribution in [3.05, 3.63) is 48.4 Å². The first-order valence-corrected chi connectivity index (χ1v) is 7.15. The van der Waals surface area contributed by atoms with E-state index in [4.69, 9.17) is 4.42 Å². The number of hydrogen-bond acceptors (Lipinski definition) is 4. The van der Waals surface area contributed by atoms with Gasteiger partial charge in [0.05, 0.1) is 6.26 Å². The van der Waals surface area contributed by atoms with E-state index in [1.54, 1.807) is 17.0 Å². The molecule has 1 N–H and O–H groups in total. The van der Waals surface area contributed by atoms with Gasteiger partial charge in [-0.25, -0.2) is 0 Å². The van der Waals surface area contributed by atoms with Crippen LogP contribution in [0.2, 0.25) is 0 Å². The van der Waals surface area contributed by atoms with Crippen LogP contribution in [0.3, 0.4) is 0 Å². The molecule has 1 fully saturated rings. The van der Waals surface area contributed by atoms with E-state index in [2.05, 4.69) is 10.2 Å². The Morgan fingerprint density at radius 1 is 1.09 bits per heavy atom. The first-order valence-electron chi connectivity index (χ1n) is 7.15. The molecule has 1 saturated heterocycles. The molecular formula is C16H17N3O3. The number of benzene rings is 1. The number of hydrogen-bond donors (Lipinski definition) is 1. The normalized spacial score (nSPS) is 14.7. The van der Waals surface area contributed by atoms with Crippen LogP contribution in [0.15, 0.2) is 47.1 Å². The molecule has 0 bridgehead atoms. The molecular weight excluding hydrogens is 282 g/mol. The van der Waals surface area contributed by atoms with Gasteiger partial charge in [-0.05, 0) is 36.4 Å². The van der Waals surface area contributed by atoms with Gasteiger partial charge in [0.1, 0.15) is 0 Å². The fraction of sp³-hybridized carbons (Fsp3) is 0.250. The van der Waals surface area contributed by atoms with Crippen molar-refractivity contribution in [3.8, 4) is 0 Å². The maximum absolute atomic E-state index is 11.9. The fourth-order valence-corrected chi connectivity index (χ4v) is 2.44. The van der Waals surface area contributed by atoms with Crippen LogP contribution in [0.25, 0.3) is 0 Å². The maximum atomic E-state index is 11.9. The number of piperazine rings is 1. The summed E-state index contributed by atoms with van der Waals surface area (Å²) in [6.45, 7) is 3.11. The fourth-order valence-electron chi connectivity index (χ4n) is 2.44. The van der Waals surface area contributed by atoms with Gasteiger partial charge in [-0.1, -0.05) is 0 Å². The molecule has 22 heavy (non-hydrogen) atoms. The average Bonchev–Trinajstić information content (AvgIpc) is 3.10. The minimum atomic E-state index is -0.266. The zero-order valence-electron chi connectivity index (χ0n) is 12.1. The van der Waals surface area contributed by atoms with Gasteiger partial charge in [-0.2, -0.15) is 0 Å². The Labute approximate surface area is 128 Å². The largest absolute Gasteiger partial charge is 0.459 e. The zero-order valence-corrected chi connectivity index (χ0v) is 12.1. The van der Waals surface area contributed by atoms with Crippen molar-refractivity contribution in [2.24, 2.45) is 0 Å². The van der Waals surface area contributed by atoms with E-state index in [1.165, 1.54) is 6.26 Å². The molecule has 6 nitrogen and oxygen atoms in total. The minimum Gasteiger partial charge on any atom is -0.459 e.